The smallest absolute Gasteiger partial charge is 0.237 e. The molecule has 4 heteroatoms. The molecule has 4 nitrogen and oxygen atoms in total. The quantitative estimate of drug-likeness (QED) is 0.771. The molecule has 0 radical (unpaired) electrons. The highest BCUT2D eigenvalue weighted by Crippen LogP contribution is 2.16. The van der Waals surface area contributed by atoms with Gasteiger partial charge in [-0.25, -0.2) is 0 Å². The molecule has 0 aromatic heterocycles. The van der Waals surface area contributed by atoms with E-state index in [9.17, 15) is 4.79 Å². The first kappa shape index (κ1) is 12.8. The van der Waals surface area contributed by atoms with Crippen LogP contribution < -0.4 is 10.6 Å². The van der Waals surface area contributed by atoms with Gasteiger partial charge in [0.15, 0.2) is 0 Å². The number of ether oxygens (including phenoxy) is 1. The van der Waals surface area contributed by atoms with Gasteiger partial charge in [0, 0.05) is 19.8 Å². The summed E-state index contributed by atoms with van der Waals surface area (Å²) < 4.78 is 5.31. The van der Waals surface area contributed by atoms with Gasteiger partial charge in [-0.2, -0.15) is 0 Å². The highest BCUT2D eigenvalue weighted by atomic mass is 16.5. The molecule has 0 aromatic rings. The molecule has 2 fully saturated rings. The first-order valence-electron chi connectivity index (χ1n) is 6.86. The molecule has 0 spiro atoms. The van der Waals surface area contributed by atoms with Crippen LogP contribution in [0, 0.1) is 11.8 Å². The molecule has 17 heavy (non-hydrogen) atoms. The zero-order valence-corrected chi connectivity index (χ0v) is 10.7. The van der Waals surface area contributed by atoms with E-state index in [4.69, 9.17) is 4.74 Å². The summed E-state index contributed by atoms with van der Waals surface area (Å²) in [5, 5.41) is 6.42. The molecule has 2 aliphatic heterocycles. The molecule has 2 heterocycles. The fourth-order valence-electron chi connectivity index (χ4n) is 2.71. The number of amides is 1. The van der Waals surface area contributed by atoms with Gasteiger partial charge in [0.05, 0.1) is 6.04 Å². The van der Waals surface area contributed by atoms with Crippen molar-refractivity contribution < 1.29 is 9.53 Å². The maximum atomic E-state index is 12.0. The van der Waals surface area contributed by atoms with E-state index in [0.29, 0.717) is 11.8 Å². The van der Waals surface area contributed by atoms with Crippen LogP contribution in [-0.2, 0) is 9.53 Å². The number of carbonyl (C=O) groups is 1. The summed E-state index contributed by atoms with van der Waals surface area (Å²) in [4.78, 5) is 12.0. The van der Waals surface area contributed by atoms with E-state index < -0.39 is 0 Å². The maximum Gasteiger partial charge on any atom is 0.237 e. The Labute approximate surface area is 103 Å². The topological polar surface area (TPSA) is 50.4 Å². The number of carbonyl (C=O) groups excluding carboxylic acids is 1. The predicted octanol–water partition coefficient (Wildman–Crippen LogP) is 0.917. The highest BCUT2D eigenvalue weighted by Gasteiger charge is 2.27. The molecule has 0 bridgehead atoms. The number of rotatable bonds is 3. The standard InChI is InChI=1S/C13H24N2O2/c1-10-3-2-6-14-12(10)13(16)15-9-11-4-7-17-8-5-11/h10-12,14H,2-9H2,1H3,(H,15,16). The van der Waals surface area contributed by atoms with Crippen LogP contribution in [0.25, 0.3) is 0 Å². The van der Waals surface area contributed by atoms with E-state index in [0.717, 1.165) is 45.6 Å². The summed E-state index contributed by atoms with van der Waals surface area (Å²) in [5.74, 6) is 1.24. The summed E-state index contributed by atoms with van der Waals surface area (Å²) >= 11 is 0. The third kappa shape index (κ3) is 3.68. The molecule has 0 aromatic carbocycles. The Balaban J connectivity index is 1.72. The third-order valence-corrected chi connectivity index (χ3v) is 3.96. The lowest BCUT2D eigenvalue weighted by atomic mass is 9.92. The average Bonchev–Trinajstić information content (AvgIpc) is 2.38. The lowest BCUT2D eigenvalue weighted by Gasteiger charge is -2.30. The Morgan fingerprint density at radius 2 is 2.12 bits per heavy atom. The summed E-state index contributed by atoms with van der Waals surface area (Å²) in [5.41, 5.74) is 0. The van der Waals surface area contributed by atoms with Gasteiger partial charge in [0.25, 0.3) is 0 Å². The normalized spacial score (nSPS) is 31.1. The molecule has 2 saturated heterocycles. The van der Waals surface area contributed by atoms with E-state index in [2.05, 4.69) is 17.6 Å². The van der Waals surface area contributed by atoms with Crippen LogP contribution in [0.3, 0.4) is 0 Å². The minimum Gasteiger partial charge on any atom is -0.381 e. The van der Waals surface area contributed by atoms with Crippen LogP contribution in [0.15, 0.2) is 0 Å². The summed E-state index contributed by atoms with van der Waals surface area (Å²) in [6.07, 6.45) is 4.50. The van der Waals surface area contributed by atoms with Gasteiger partial charge in [-0.15, -0.1) is 0 Å². The molecule has 0 saturated carbocycles. The Kier molecular flexibility index (Phi) is 4.80. The lowest BCUT2D eigenvalue weighted by Crippen LogP contribution is -2.51. The summed E-state index contributed by atoms with van der Waals surface area (Å²) in [6, 6.07) is 0.0172. The van der Waals surface area contributed by atoms with Crippen molar-refractivity contribution in [2.24, 2.45) is 11.8 Å². The second kappa shape index (κ2) is 6.36. The van der Waals surface area contributed by atoms with Crippen molar-refractivity contribution in [2.45, 2.75) is 38.6 Å². The van der Waals surface area contributed by atoms with E-state index in [-0.39, 0.29) is 11.9 Å². The molecule has 98 valence electrons. The van der Waals surface area contributed by atoms with Gasteiger partial charge in [0.1, 0.15) is 0 Å². The van der Waals surface area contributed by atoms with Gasteiger partial charge in [-0.3, -0.25) is 4.79 Å². The molecule has 2 rings (SSSR count). The van der Waals surface area contributed by atoms with Crippen molar-refractivity contribution in [3.63, 3.8) is 0 Å². The fourth-order valence-corrected chi connectivity index (χ4v) is 2.71. The average molecular weight is 240 g/mol. The highest BCUT2D eigenvalue weighted by molar-refractivity contribution is 5.82. The molecule has 2 unspecified atom stereocenters. The first-order chi connectivity index (χ1) is 8.27. The Hall–Kier alpha value is -0.610. The van der Waals surface area contributed by atoms with Gasteiger partial charge in [0.2, 0.25) is 5.91 Å². The van der Waals surface area contributed by atoms with Gasteiger partial charge < -0.3 is 15.4 Å². The largest absolute Gasteiger partial charge is 0.381 e. The van der Waals surface area contributed by atoms with Crippen molar-refractivity contribution in [2.75, 3.05) is 26.3 Å². The lowest BCUT2D eigenvalue weighted by molar-refractivity contribution is -0.125. The Bertz CT molecular complexity index is 252. The van der Waals surface area contributed by atoms with Crippen molar-refractivity contribution >= 4 is 5.91 Å². The number of piperidine rings is 1. The van der Waals surface area contributed by atoms with E-state index in [1.807, 2.05) is 0 Å². The van der Waals surface area contributed by atoms with Crippen molar-refractivity contribution in [1.82, 2.24) is 10.6 Å². The zero-order chi connectivity index (χ0) is 12.1. The van der Waals surface area contributed by atoms with E-state index in [1.54, 1.807) is 0 Å². The SMILES string of the molecule is CC1CCCNC1C(=O)NCC1CCOCC1. The van der Waals surface area contributed by atoms with Gasteiger partial charge in [-0.05, 0) is 44.1 Å². The van der Waals surface area contributed by atoms with E-state index in [1.165, 1.54) is 6.42 Å². The molecule has 2 aliphatic rings. The molecule has 2 N–H and O–H groups in total. The maximum absolute atomic E-state index is 12.0. The number of nitrogens with one attached hydrogen (secondary N) is 2. The van der Waals surface area contributed by atoms with Crippen LogP contribution in [0.5, 0.6) is 0 Å². The molecule has 1 amide bonds. The van der Waals surface area contributed by atoms with Crippen molar-refractivity contribution in [3.05, 3.63) is 0 Å². The predicted molar refractivity (Wildman–Crippen MR) is 66.7 cm³/mol. The van der Waals surface area contributed by atoms with Crippen LogP contribution in [0.2, 0.25) is 0 Å². The monoisotopic (exact) mass is 240 g/mol. The summed E-state index contributed by atoms with van der Waals surface area (Å²) in [6.45, 7) is 5.63. The van der Waals surface area contributed by atoms with Gasteiger partial charge >= 0.3 is 0 Å². The minimum absolute atomic E-state index is 0.0172. The molecule has 2 atom stereocenters. The van der Waals surface area contributed by atoms with Crippen LogP contribution in [-0.4, -0.2) is 38.3 Å². The molecule has 0 aliphatic carbocycles. The van der Waals surface area contributed by atoms with Crippen LogP contribution in [0.4, 0.5) is 0 Å². The Morgan fingerprint density at radius 3 is 2.82 bits per heavy atom. The van der Waals surface area contributed by atoms with Crippen LogP contribution in [0.1, 0.15) is 32.6 Å². The summed E-state index contributed by atoms with van der Waals surface area (Å²) in [7, 11) is 0. The second-order valence-corrected chi connectivity index (χ2v) is 5.35. The molecular formula is C13H24N2O2. The Morgan fingerprint density at radius 1 is 1.35 bits per heavy atom. The van der Waals surface area contributed by atoms with E-state index >= 15 is 0 Å². The number of hydrogen-bond donors (Lipinski definition) is 2. The van der Waals surface area contributed by atoms with Crippen molar-refractivity contribution in [3.8, 4) is 0 Å². The van der Waals surface area contributed by atoms with Crippen molar-refractivity contribution in [1.29, 1.82) is 0 Å². The first-order valence-corrected chi connectivity index (χ1v) is 6.86. The minimum atomic E-state index is 0.0172. The fraction of sp³-hybridized carbons (Fsp3) is 0.923. The second-order valence-electron chi connectivity index (χ2n) is 5.35. The third-order valence-electron chi connectivity index (χ3n) is 3.96. The number of hydrogen-bond acceptors (Lipinski definition) is 3. The molecular weight excluding hydrogens is 216 g/mol. The zero-order valence-electron chi connectivity index (χ0n) is 10.7. The van der Waals surface area contributed by atoms with Gasteiger partial charge in [-0.1, -0.05) is 6.92 Å². The van der Waals surface area contributed by atoms with Crippen LogP contribution >= 0.6 is 0 Å².